The lowest BCUT2D eigenvalue weighted by Crippen LogP contribution is -2.50. The molecule has 1 heterocycles. The normalized spacial score (nSPS) is 17.3. The summed E-state index contributed by atoms with van der Waals surface area (Å²) in [7, 11) is -2.18. The molecule has 9 nitrogen and oxygen atoms in total. The van der Waals surface area contributed by atoms with Crippen LogP contribution in [-0.2, 0) is 14.8 Å². The monoisotopic (exact) mass is 382 g/mol. The molecule has 142 valence electrons. The summed E-state index contributed by atoms with van der Waals surface area (Å²) in [5, 5.41) is 7.76. The van der Waals surface area contributed by atoms with Gasteiger partial charge >= 0.3 is 6.03 Å². The first-order valence-electron chi connectivity index (χ1n) is 7.95. The van der Waals surface area contributed by atoms with Crippen molar-refractivity contribution in [2.45, 2.75) is 24.8 Å². The van der Waals surface area contributed by atoms with Gasteiger partial charge in [0.25, 0.3) is 5.91 Å². The standard InChI is InChI=1S/C16H22N4O5S/c1-10-14(11(2)20-16(22)19-10)15(21)17-8-9-18-26(23,24)13-6-4-12(25-3)5-7-13/h4-7,10,18H,8-9H2,1-3H3,(H,17,21)(H2,19,20,22). The minimum absolute atomic E-state index is 0.0284. The van der Waals surface area contributed by atoms with Gasteiger partial charge in [-0.25, -0.2) is 17.9 Å². The molecule has 0 bridgehead atoms. The average Bonchev–Trinajstić information content (AvgIpc) is 2.58. The number of sulfonamides is 1. The molecule has 1 aromatic carbocycles. The number of benzene rings is 1. The SMILES string of the molecule is COc1ccc(S(=O)(=O)NCCNC(=O)C2=C(C)NC(=O)NC2C)cc1. The fraction of sp³-hybridized carbons (Fsp3) is 0.375. The number of amides is 3. The van der Waals surface area contributed by atoms with E-state index >= 15 is 0 Å². The zero-order valence-corrected chi connectivity index (χ0v) is 15.6. The number of nitrogens with one attached hydrogen (secondary N) is 4. The minimum Gasteiger partial charge on any atom is -0.497 e. The van der Waals surface area contributed by atoms with Crippen molar-refractivity contribution in [2.24, 2.45) is 0 Å². The molecular weight excluding hydrogens is 360 g/mol. The van der Waals surface area contributed by atoms with Crippen molar-refractivity contribution in [1.29, 1.82) is 0 Å². The summed E-state index contributed by atoms with van der Waals surface area (Å²) < 4.78 is 31.8. The maximum Gasteiger partial charge on any atom is 0.319 e. The zero-order valence-electron chi connectivity index (χ0n) is 14.8. The number of allylic oxidation sites excluding steroid dienone is 1. The molecule has 1 atom stereocenters. The lowest BCUT2D eigenvalue weighted by atomic mass is 10.0. The van der Waals surface area contributed by atoms with E-state index in [9.17, 15) is 18.0 Å². The highest BCUT2D eigenvalue weighted by Gasteiger charge is 2.26. The maximum atomic E-state index is 12.2. The summed E-state index contributed by atoms with van der Waals surface area (Å²) in [5.74, 6) is 0.188. The van der Waals surface area contributed by atoms with Gasteiger partial charge in [0.1, 0.15) is 5.75 Å². The van der Waals surface area contributed by atoms with Crippen LogP contribution in [0.4, 0.5) is 4.79 Å². The molecule has 3 amide bonds. The highest BCUT2D eigenvalue weighted by molar-refractivity contribution is 7.89. The van der Waals surface area contributed by atoms with E-state index in [-0.39, 0.29) is 29.9 Å². The predicted molar refractivity (Wildman–Crippen MR) is 95.0 cm³/mol. The number of hydrogen-bond acceptors (Lipinski definition) is 5. The smallest absolute Gasteiger partial charge is 0.319 e. The van der Waals surface area contributed by atoms with Gasteiger partial charge in [-0.3, -0.25) is 4.79 Å². The molecule has 1 aromatic rings. The second kappa shape index (κ2) is 8.19. The molecule has 10 heteroatoms. The second-order valence-electron chi connectivity index (χ2n) is 5.69. The van der Waals surface area contributed by atoms with E-state index in [0.29, 0.717) is 17.0 Å². The van der Waals surface area contributed by atoms with Gasteiger partial charge in [-0.1, -0.05) is 0 Å². The molecule has 1 aliphatic rings. The van der Waals surface area contributed by atoms with Crippen LogP contribution in [-0.4, -0.2) is 46.6 Å². The van der Waals surface area contributed by atoms with Gasteiger partial charge in [0.05, 0.1) is 23.6 Å². The molecule has 0 fully saturated rings. The van der Waals surface area contributed by atoms with Crippen molar-refractivity contribution in [3.63, 3.8) is 0 Å². The van der Waals surface area contributed by atoms with Crippen LogP contribution >= 0.6 is 0 Å². The number of carbonyl (C=O) groups is 2. The van der Waals surface area contributed by atoms with Crippen LogP contribution in [0.15, 0.2) is 40.4 Å². The zero-order chi connectivity index (χ0) is 19.3. The Kier molecular flexibility index (Phi) is 6.22. The van der Waals surface area contributed by atoms with Gasteiger partial charge in [-0.2, -0.15) is 0 Å². The molecule has 0 saturated heterocycles. The minimum atomic E-state index is -3.68. The van der Waals surface area contributed by atoms with Crippen molar-refractivity contribution >= 4 is 22.0 Å². The van der Waals surface area contributed by atoms with Gasteiger partial charge < -0.3 is 20.7 Å². The van der Waals surface area contributed by atoms with Gasteiger partial charge in [0, 0.05) is 18.8 Å². The third-order valence-corrected chi connectivity index (χ3v) is 5.28. The lowest BCUT2D eigenvalue weighted by Gasteiger charge is -2.25. The van der Waals surface area contributed by atoms with E-state index in [4.69, 9.17) is 4.74 Å². The van der Waals surface area contributed by atoms with Crippen LogP contribution in [0.25, 0.3) is 0 Å². The van der Waals surface area contributed by atoms with Crippen molar-refractivity contribution in [3.8, 4) is 5.75 Å². The predicted octanol–water partition coefficient (Wildman–Crippen LogP) is 0.0650. The van der Waals surface area contributed by atoms with Crippen molar-refractivity contribution in [2.75, 3.05) is 20.2 Å². The molecule has 1 unspecified atom stereocenters. The highest BCUT2D eigenvalue weighted by Crippen LogP contribution is 2.15. The second-order valence-corrected chi connectivity index (χ2v) is 7.45. The third kappa shape index (κ3) is 4.73. The Bertz CT molecular complexity index is 818. The van der Waals surface area contributed by atoms with Crippen LogP contribution in [0.3, 0.4) is 0 Å². The van der Waals surface area contributed by atoms with Gasteiger partial charge in [-0.15, -0.1) is 0 Å². The molecule has 1 aliphatic heterocycles. The fourth-order valence-electron chi connectivity index (χ4n) is 2.53. The van der Waals surface area contributed by atoms with Gasteiger partial charge in [-0.05, 0) is 38.1 Å². The Labute approximate surface area is 152 Å². The van der Waals surface area contributed by atoms with E-state index in [1.54, 1.807) is 26.0 Å². The molecule has 0 spiro atoms. The Morgan fingerprint density at radius 1 is 1.23 bits per heavy atom. The first-order chi connectivity index (χ1) is 12.2. The lowest BCUT2D eigenvalue weighted by molar-refractivity contribution is -0.117. The van der Waals surface area contributed by atoms with E-state index in [1.165, 1.54) is 19.2 Å². The van der Waals surface area contributed by atoms with E-state index in [2.05, 4.69) is 20.7 Å². The number of urea groups is 1. The largest absolute Gasteiger partial charge is 0.497 e. The number of rotatable bonds is 7. The summed E-state index contributed by atoms with van der Waals surface area (Å²) >= 11 is 0. The maximum absolute atomic E-state index is 12.2. The Morgan fingerprint density at radius 3 is 2.46 bits per heavy atom. The molecule has 26 heavy (non-hydrogen) atoms. The van der Waals surface area contributed by atoms with Crippen molar-refractivity contribution in [1.82, 2.24) is 20.7 Å². The first-order valence-corrected chi connectivity index (χ1v) is 9.43. The fourth-order valence-corrected chi connectivity index (χ4v) is 3.56. The van der Waals surface area contributed by atoms with E-state index < -0.39 is 16.1 Å². The van der Waals surface area contributed by atoms with Crippen molar-refractivity contribution in [3.05, 3.63) is 35.5 Å². The Hall–Kier alpha value is -2.59. The first kappa shape index (κ1) is 19.7. The third-order valence-electron chi connectivity index (χ3n) is 3.80. The van der Waals surface area contributed by atoms with Gasteiger partial charge in [0.2, 0.25) is 10.0 Å². The average molecular weight is 382 g/mol. The number of methoxy groups -OCH3 is 1. The summed E-state index contributed by atoms with van der Waals surface area (Å²) in [4.78, 5) is 23.7. The Morgan fingerprint density at radius 2 is 1.88 bits per heavy atom. The Balaban J connectivity index is 1.88. The molecule has 0 saturated carbocycles. The van der Waals surface area contributed by atoms with Crippen LogP contribution in [0.1, 0.15) is 13.8 Å². The molecule has 0 aliphatic carbocycles. The number of carbonyl (C=O) groups excluding carboxylic acids is 2. The summed E-state index contributed by atoms with van der Waals surface area (Å²) in [6.07, 6.45) is 0. The number of ether oxygens (including phenoxy) is 1. The highest BCUT2D eigenvalue weighted by atomic mass is 32.2. The molecular formula is C16H22N4O5S. The van der Waals surface area contributed by atoms with Crippen LogP contribution in [0, 0.1) is 0 Å². The molecule has 4 N–H and O–H groups in total. The summed E-state index contributed by atoms with van der Waals surface area (Å²) in [6.45, 7) is 3.46. The van der Waals surface area contributed by atoms with Crippen LogP contribution in [0.5, 0.6) is 5.75 Å². The van der Waals surface area contributed by atoms with E-state index in [0.717, 1.165) is 0 Å². The van der Waals surface area contributed by atoms with E-state index in [1.807, 2.05) is 0 Å². The molecule has 0 aromatic heterocycles. The quantitative estimate of drug-likeness (QED) is 0.497. The summed E-state index contributed by atoms with van der Waals surface area (Å²) in [5.41, 5.74) is 0.875. The van der Waals surface area contributed by atoms with Gasteiger partial charge in [0.15, 0.2) is 0 Å². The van der Waals surface area contributed by atoms with Crippen molar-refractivity contribution < 1.29 is 22.7 Å². The van der Waals surface area contributed by atoms with Crippen LogP contribution in [0.2, 0.25) is 0 Å². The van der Waals surface area contributed by atoms with Crippen LogP contribution < -0.4 is 25.4 Å². The number of hydrogen-bond donors (Lipinski definition) is 4. The molecule has 0 radical (unpaired) electrons. The topological polar surface area (TPSA) is 126 Å². The molecule has 2 rings (SSSR count). The summed E-state index contributed by atoms with van der Waals surface area (Å²) in [6, 6.07) is 5.19.